The molecule has 0 aliphatic rings. The van der Waals surface area contributed by atoms with Crippen molar-refractivity contribution < 1.29 is 9.59 Å². The lowest BCUT2D eigenvalue weighted by atomic mass is 10.0. The number of ketones is 2. The number of aromatic nitrogens is 4. The van der Waals surface area contributed by atoms with Crippen molar-refractivity contribution in [3.05, 3.63) is 65.5 Å². The number of fused-ring (bicyclic) bond motifs is 3. The summed E-state index contributed by atoms with van der Waals surface area (Å²) in [4.78, 5) is 29.2. The third-order valence-electron chi connectivity index (χ3n) is 6.04. The van der Waals surface area contributed by atoms with Crippen molar-refractivity contribution in [2.24, 2.45) is 5.92 Å². The van der Waals surface area contributed by atoms with Crippen LogP contribution in [0.3, 0.4) is 0 Å². The SMILES string of the molecule is Cc1nnc2c(NCCCCCC(=O)c3ccccc3)nc3ccc(CC(=O)C(C)C)cc3n12. The van der Waals surface area contributed by atoms with Crippen LogP contribution in [0, 0.1) is 12.8 Å². The van der Waals surface area contributed by atoms with Gasteiger partial charge in [0.2, 0.25) is 5.65 Å². The summed E-state index contributed by atoms with van der Waals surface area (Å²) in [6.45, 7) is 6.50. The van der Waals surface area contributed by atoms with Gasteiger partial charge in [0, 0.05) is 30.9 Å². The van der Waals surface area contributed by atoms with Gasteiger partial charge >= 0.3 is 0 Å². The van der Waals surface area contributed by atoms with Crippen LogP contribution in [0.5, 0.6) is 0 Å². The number of nitrogens with one attached hydrogen (secondary N) is 1. The van der Waals surface area contributed by atoms with Gasteiger partial charge in [-0.2, -0.15) is 0 Å². The van der Waals surface area contributed by atoms with E-state index in [1.165, 1.54) is 0 Å². The van der Waals surface area contributed by atoms with Crippen LogP contribution in [0.15, 0.2) is 48.5 Å². The Bertz CT molecular complexity index is 1310. The predicted octanol–water partition coefficient (Wildman–Crippen LogP) is 5.21. The van der Waals surface area contributed by atoms with E-state index in [-0.39, 0.29) is 17.5 Å². The fraction of sp³-hybridized carbons (Fsp3) is 0.370. The summed E-state index contributed by atoms with van der Waals surface area (Å²) in [6, 6.07) is 15.4. The average Bonchev–Trinajstić information content (AvgIpc) is 3.23. The molecule has 1 N–H and O–H groups in total. The number of rotatable bonds is 11. The van der Waals surface area contributed by atoms with E-state index in [2.05, 4.69) is 15.5 Å². The average molecular weight is 458 g/mol. The van der Waals surface area contributed by atoms with E-state index in [0.717, 1.165) is 53.8 Å². The van der Waals surface area contributed by atoms with Gasteiger partial charge in [-0.3, -0.25) is 14.0 Å². The minimum atomic E-state index is 0.00789. The number of benzene rings is 2. The van der Waals surface area contributed by atoms with Crippen molar-refractivity contribution in [1.29, 1.82) is 0 Å². The van der Waals surface area contributed by atoms with Gasteiger partial charge in [0.15, 0.2) is 11.6 Å². The zero-order chi connectivity index (χ0) is 24.1. The van der Waals surface area contributed by atoms with Crippen molar-refractivity contribution in [3.8, 4) is 0 Å². The molecule has 2 aromatic carbocycles. The van der Waals surface area contributed by atoms with Crippen LogP contribution in [-0.2, 0) is 11.2 Å². The molecule has 0 aliphatic heterocycles. The van der Waals surface area contributed by atoms with Gasteiger partial charge in [-0.05, 0) is 37.5 Å². The summed E-state index contributed by atoms with van der Waals surface area (Å²) in [6.07, 6.45) is 3.71. The highest BCUT2D eigenvalue weighted by atomic mass is 16.1. The second-order valence-electron chi connectivity index (χ2n) is 9.01. The lowest BCUT2D eigenvalue weighted by molar-refractivity contribution is -0.121. The normalized spacial score (nSPS) is 11.4. The van der Waals surface area contributed by atoms with Gasteiger partial charge in [-0.15, -0.1) is 10.2 Å². The molecule has 4 rings (SSSR count). The second kappa shape index (κ2) is 10.5. The molecular formula is C27H31N5O2. The highest BCUT2D eigenvalue weighted by Gasteiger charge is 2.15. The van der Waals surface area contributed by atoms with E-state index in [1.807, 2.05) is 73.7 Å². The summed E-state index contributed by atoms with van der Waals surface area (Å²) >= 11 is 0. The minimum Gasteiger partial charge on any atom is -0.367 e. The predicted molar refractivity (Wildman–Crippen MR) is 134 cm³/mol. The Morgan fingerprint density at radius 1 is 1.00 bits per heavy atom. The Morgan fingerprint density at radius 3 is 2.56 bits per heavy atom. The summed E-state index contributed by atoms with van der Waals surface area (Å²) in [5, 5.41) is 12.0. The molecule has 0 unspecified atom stereocenters. The molecule has 4 aromatic rings. The summed E-state index contributed by atoms with van der Waals surface area (Å²) in [5.74, 6) is 1.89. The lowest BCUT2D eigenvalue weighted by Gasteiger charge is -2.11. The largest absolute Gasteiger partial charge is 0.367 e. The number of hydrogen-bond donors (Lipinski definition) is 1. The molecule has 2 heterocycles. The van der Waals surface area contributed by atoms with Gasteiger partial charge in [0.25, 0.3) is 0 Å². The van der Waals surface area contributed by atoms with Gasteiger partial charge in [0.05, 0.1) is 11.0 Å². The molecule has 2 aromatic heterocycles. The zero-order valence-corrected chi connectivity index (χ0v) is 20.0. The van der Waals surface area contributed by atoms with E-state index in [0.29, 0.717) is 24.3 Å². The van der Waals surface area contributed by atoms with Gasteiger partial charge in [-0.25, -0.2) is 4.98 Å². The molecule has 0 saturated carbocycles. The second-order valence-corrected chi connectivity index (χ2v) is 9.01. The Hall–Kier alpha value is -3.61. The Kier molecular flexibility index (Phi) is 7.30. The first kappa shape index (κ1) is 23.5. The fourth-order valence-electron chi connectivity index (χ4n) is 4.01. The zero-order valence-electron chi connectivity index (χ0n) is 20.0. The molecule has 176 valence electrons. The van der Waals surface area contributed by atoms with Crippen LogP contribution in [-0.4, -0.2) is 37.7 Å². The molecular weight excluding hydrogens is 426 g/mol. The molecule has 0 saturated heterocycles. The van der Waals surface area contributed by atoms with Crippen molar-refractivity contribution in [2.75, 3.05) is 11.9 Å². The van der Waals surface area contributed by atoms with Crippen LogP contribution in [0.25, 0.3) is 16.7 Å². The lowest BCUT2D eigenvalue weighted by Crippen LogP contribution is -2.11. The van der Waals surface area contributed by atoms with E-state index in [1.54, 1.807) is 0 Å². The maximum Gasteiger partial charge on any atom is 0.204 e. The quantitative estimate of drug-likeness (QED) is 0.246. The van der Waals surface area contributed by atoms with Gasteiger partial charge < -0.3 is 5.32 Å². The molecule has 0 radical (unpaired) electrons. The molecule has 34 heavy (non-hydrogen) atoms. The highest BCUT2D eigenvalue weighted by Crippen LogP contribution is 2.23. The van der Waals surface area contributed by atoms with Crippen LogP contribution in [0.2, 0.25) is 0 Å². The molecule has 0 amide bonds. The number of anilines is 1. The highest BCUT2D eigenvalue weighted by molar-refractivity contribution is 5.95. The molecule has 0 atom stereocenters. The number of carbonyl (C=O) groups excluding carboxylic acids is 2. The van der Waals surface area contributed by atoms with Crippen molar-refractivity contribution >= 4 is 34.1 Å². The van der Waals surface area contributed by atoms with E-state index in [4.69, 9.17) is 4.98 Å². The molecule has 0 bridgehead atoms. The number of unbranched alkanes of at least 4 members (excludes halogenated alkanes) is 2. The van der Waals surface area contributed by atoms with E-state index in [9.17, 15) is 9.59 Å². The Morgan fingerprint density at radius 2 is 1.79 bits per heavy atom. The van der Waals surface area contributed by atoms with Crippen LogP contribution >= 0.6 is 0 Å². The van der Waals surface area contributed by atoms with Crippen LogP contribution in [0.1, 0.15) is 61.3 Å². The topological polar surface area (TPSA) is 89.2 Å². The Labute approximate surface area is 199 Å². The third-order valence-corrected chi connectivity index (χ3v) is 6.04. The molecule has 0 spiro atoms. The monoisotopic (exact) mass is 457 g/mol. The summed E-state index contributed by atoms with van der Waals surface area (Å²) < 4.78 is 1.99. The first-order valence-corrected chi connectivity index (χ1v) is 11.9. The number of carbonyl (C=O) groups is 2. The molecule has 0 fully saturated rings. The number of Topliss-reactive ketones (excluding diaryl/α,β-unsaturated/α-hetero) is 2. The maximum atomic E-state index is 12.2. The standard InChI is InChI=1S/C27H31N5O2/c1-18(2)25(34)17-20-13-14-22-23(16-20)32-19(3)30-31-27(32)26(29-22)28-15-9-5-8-12-24(33)21-10-6-4-7-11-21/h4,6-7,10-11,13-14,16,18H,5,8-9,12,15,17H2,1-3H3,(H,28,29). The van der Waals surface area contributed by atoms with Gasteiger partial charge in [-0.1, -0.05) is 56.7 Å². The third kappa shape index (κ3) is 5.30. The van der Waals surface area contributed by atoms with E-state index < -0.39 is 0 Å². The summed E-state index contributed by atoms with van der Waals surface area (Å²) in [7, 11) is 0. The van der Waals surface area contributed by atoms with Gasteiger partial charge in [0.1, 0.15) is 11.6 Å². The number of nitrogens with zero attached hydrogens (tertiary/aromatic N) is 4. The first-order valence-electron chi connectivity index (χ1n) is 11.9. The van der Waals surface area contributed by atoms with Crippen molar-refractivity contribution in [2.45, 2.75) is 52.9 Å². The number of hydrogen-bond acceptors (Lipinski definition) is 6. The molecule has 7 nitrogen and oxygen atoms in total. The molecule has 7 heteroatoms. The summed E-state index contributed by atoms with van der Waals surface area (Å²) in [5.41, 5.74) is 4.15. The Balaban J connectivity index is 1.40. The minimum absolute atomic E-state index is 0.00789. The maximum absolute atomic E-state index is 12.2. The van der Waals surface area contributed by atoms with Crippen LogP contribution in [0.4, 0.5) is 5.82 Å². The smallest absolute Gasteiger partial charge is 0.204 e. The van der Waals surface area contributed by atoms with Crippen LogP contribution < -0.4 is 5.32 Å². The number of aryl methyl sites for hydroxylation is 1. The van der Waals surface area contributed by atoms with Crippen molar-refractivity contribution in [3.63, 3.8) is 0 Å². The fourth-order valence-corrected chi connectivity index (χ4v) is 4.01. The molecule has 0 aliphatic carbocycles. The van der Waals surface area contributed by atoms with Crippen molar-refractivity contribution in [1.82, 2.24) is 19.6 Å². The van der Waals surface area contributed by atoms with E-state index >= 15 is 0 Å². The first-order chi connectivity index (χ1) is 16.4.